The van der Waals surface area contributed by atoms with Crippen LogP contribution >= 0.6 is 0 Å². The molecule has 2 N–H and O–H groups in total. The summed E-state index contributed by atoms with van der Waals surface area (Å²) in [7, 11) is 1.62. The van der Waals surface area contributed by atoms with Crippen LogP contribution in [0.5, 0.6) is 5.75 Å². The van der Waals surface area contributed by atoms with Crippen LogP contribution in [0.15, 0.2) is 60.7 Å². The average Bonchev–Trinajstić information content (AvgIpc) is 3.37. The number of ether oxygens (including phenoxy) is 1. The van der Waals surface area contributed by atoms with Gasteiger partial charge < -0.3 is 14.6 Å². The number of methoxy groups -OCH3 is 1. The highest BCUT2D eigenvalue weighted by molar-refractivity contribution is 5.95. The summed E-state index contributed by atoms with van der Waals surface area (Å²) in [5, 5.41) is 10.0. The minimum absolute atomic E-state index is 0.146. The highest BCUT2D eigenvalue weighted by Gasteiger charge is 2.17. The summed E-state index contributed by atoms with van der Waals surface area (Å²) in [6, 6.07) is 19.4. The molecule has 0 aliphatic heterocycles. The maximum absolute atomic E-state index is 12.8. The smallest absolute Gasteiger partial charge is 0.253 e. The number of H-pyrrole nitrogens is 1. The summed E-state index contributed by atoms with van der Waals surface area (Å²) < 4.78 is 7.24. The topological polar surface area (TPSA) is 84.8 Å². The van der Waals surface area contributed by atoms with Gasteiger partial charge >= 0.3 is 0 Å². The number of nitrogens with one attached hydrogen (secondary N) is 2. The third-order valence-electron chi connectivity index (χ3n) is 4.99. The molecule has 30 heavy (non-hydrogen) atoms. The number of benzene rings is 2. The molecule has 0 aliphatic rings. The van der Waals surface area contributed by atoms with Crippen molar-refractivity contribution < 1.29 is 9.53 Å². The zero-order valence-electron chi connectivity index (χ0n) is 17.1. The van der Waals surface area contributed by atoms with Gasteiger partial charge in [0.15, 0.2) is 5.82 Å². The summed E-state index contributed by atoms with van der Waals surface area (Å²) in [5.74, 6) is 1.79. The maximum Gasteiger partial charge on any atom is 0.253 e. The normalized spacial score (nSPS) is 10.8. The van der Waals surface area contributed by atoms with E-state index in [0.29, 0.717) is 17.2 Å². The lowest BCUT2D eigenvalue weighted by atomic mass is 10.2. The highest BCUT2D eigenvalue weighted by Crippen LogP contribution is 2.21. The second-order valence-electron chi connectivity index (χ2n) is 6.97. The highest BCUT2D eigenvalue weighted by atomic mass is 16.5. The fraction of sp³-hybridized carbons (Fsp3) is 0.174. The minimum atomic E-state index is -0.146. The van der Waals surface area contributed by atoms with E-state index < -0.39 is 0 Å². The number of hydrogen-bond acceptors (Lipinski definition) is 4. The van der Waals surface area contributed by atoms with E-state index in [2.05, 4.69) is 25.1 Å². The van der Waals surface area contributed by atoms with E-state index in [4.69, 9.17) is 4.74 Å². The first kappa shape index (κ1) is 19.4. The molecule has 4 rings (SSSR count). The molecule has 0 spiro atoms. The number of aromatic nitrogens is 4. The van der Waals surface area contributed by atoms with Crippen molar-refractivity contribution in [2.24, 2.45) is 0 Å². The van der Waals surface area contributed by atoms with Crippen molar-refractivity contribution in [3.63, 3.8) is 0 Å². The first-order chi connectivity index (χ1) is 14.6. The van der Waals surface area contributed by atoms with Crippen LogP contribution in [0.25, 0.3) is 17.1 Å². The van der Waals surface area contributed by atoms with Crippen LogP contribution in [0.2, 0.25) is 0 Å². The van der Waals surface area contributed by atoms with Gasteiger partial charge in [-0.2, -0.15) is 5.10 Å². The van der Waals surface area contributed by atoms with E-state index in [-0.39, 0.29) is 12.5 Å². The number of hydrogen-bond donors (Lipinski definition) is 2. The molecule has 7 heteroatoms. The lowest BCUT2D eigenvalue weighted by Crippen LogP contribution is -2.24. The first-order valence-corrected chi connectivity index (χ1v) is 9.65. The Balaban J connectivity index is 1.46. The molecule has 0 atom stereocenters. The Hall–Kier alpha value is -3.87. The number of rotatable bonds is 6. The number of para-hydroxylation sites is 1. The third-order valence-corrected chi connectivity index (χ3v) is 4.99. The van der Waals surface area contributed by atoms with Gasteiger partial charge in [0.1, 0.15) is 11.6 Å². The monoisotopic (exact) mass is 401 g/mol. The number of aromatic amines is 1. The van der Waals surface area contributed by atoms with Crippen molar-refractivity contribution in [1.29, 1.82) is 0 Å². The van der Waals surface area contributed by atoms with Crippen molar-refractivity contribution in [3.05, 3.63) is 83.4 Å². The Morgan fingerprint density at radius 1 is 1.10 bits per heavy atom. The van der Waals surface area contributed by atoms with E-state index in [9.17, 15) is 4.79 Å². The van der Waals surface area contributed by atoms with Crippen molar-refractivity contribution in [2.45, 2.75) is 20.4 Å². The SMILES string of the molecule is COc1ccc(-c2n[nH]c(CNC(=O)c3cc(C)n(-c4ccccc4)c3C)n2)cc1. The molecule has 152 valence electrons. The van der Waals surface area contributed by atoms with Gasteiger partial charge in [0.2, 0.25) is 0 Å². The van der Waals surface area contributed by atoms with Crippen molar-refractivity contribution in [1.82, 2.24) is 25.1 Å². The molecule has 0 bridgehead atoms. The molecule has 0 unspecified atom stereocenters. The van der Waals surface area contributed by atoms with E-state index in [0.717, 1.165) is 28.4 Å². The zero-order chi connectivity index (χ0) is 21.1. The Bertz CT molecular complexity index is 1160. The van der Waals surface area contributed by atoms with Gasteiger partial charge in [-0.15, -0.1) is 0 Å². The molecule has 2 aromatic carbocycles. The van der Waals surface area contributed by atoms with Crippen LogP contribution in [-0.4, -0.2) is 32.8 Å². The Labute approximate surface area is 174 Å². The lowest BCUT2D eigenvalue weighted by molar-refractivity contribution is 0.0949. The summed E-state index contributed by atoms with van der Waals surface area (Å²) in [6.45, 7) is 4.20. The van der Waals surface area contributed by atoms with Gasteiger partial charge in [-0.1, -0.05) is 18.2 Å². The van der Waals surface area contributed by atoms with Crippen LogP contribution < -0.4 is 10.1 Å². The fourth-order valence-corrected chi connectivity index (χ4v) is 3.47. The molecule has 1 amide bonds. The third kappa shape index (κ3) is 3.82. The van der Waals surface area contributed by atoms with E-state index >= 15 is 0 Å². The van der Waals surface area contributed by atoms with Crippen molar-refractivity contribution in [3.8, 4) is 22.8 Å². The Kier molecular flexibility index (Phi) is 5.34. The summed E-state index contributed by atoms with van der Waals surface area (Å²) in [6.07, 6.45) is 0. The molecule has 0 saturated heterocycles. The average molecular weight is 401 g/mol. The lowest BCUT2D eigenvalue weighted by Gasteiger charge is -2.09. The molecular formula is C23H23N5O2. The van der Waals surface area contributed by atoms with Gasteiger partial charge in [0.25, 0.3) is 5.91 Å². The second-order valence-corrected chi connectivity index (χ2v) is 6.97. The van der Waals surface area contributed by atoms with Crippen LogP contribution in [-0.2, 0) is 6.54 Å². The van der Waals surface area contributed by atoms with Gasteiger partial charge in [0.05, 0.1) is 19.2 Å². The molecule has 4 aromatic rings. The number of aryl methyl sites for hydroxylation is 1. The van der Waals surface area contributed by atoms with E-state index in [1.807, 2.05) is 74.5 Å². The Morgan fingerprint density at radius 2 is 1.83 bits per heavy atom. The van der Waals surface area contributed by atoms with Crippen molar-refractivity contribution in [2.75, 3.05) is 7.11 Å². The Morgan fingerprint density at radius 3 is 2.53 bits per heavy atom. The number of nitrogens with zero attached hydrogens (tertiary/aromatic N) is 3. The number of amides is 1. The van der Waals surface area contributed by atoms with Gasteiger partial charge in [-0.05, 0) is 56.3 Å². The molecule has 2 heterocycles. The van der Waals surface area contributed by atoms with Crippen LogP contribution in [0.3, 0.4) is 0 Å². The van der Waals surface area contributed by atoms with Gasteiger partial charge in [0, 0.05) is 22.6 Å². The zero-order valence-corrected chi connectivity index (χ0v) is 17.1. The maximum atomic E-state index is 12.8. The fourth-order valence-electron chi connectivity index (χ4n) is 3.47. The molecule has 2 aromatic heterocycles. The molecule has 0 fully saturated rings. The molecule has 0 saturated carbocycles. The van der Waals surface area contributed by atoms with Gasteiger partial charge in [-0.3, -0.25) is 9.89 Å². The minimum Gasteiger partial charge on any atom is -0.497 e. The van der Waals surface area contributed by atoms with Crippen LogP contribution in [0.4, 0.5) is 0 Å². The summed E-state index contributed by atoms with van der Waals surface area (Å²) in [4.78, 5) is 17.2. The first-order valence-electron chi connectivity index (χ1n) is 9.65. The molecule has 0 radical (unpaired) electrons. The standard InChI is InChI=1S/C23H23N5O2/c1-15-13-20(16(2)28(15)18-7-5-4-6-8-18)23(29)24-14-21-25-22(27-26-21)17-9-11-19(30-3)12-10-17/h4-13H,14H2,1-3H3,(H,24,29)(H,25,26,27). The largest absolute Gasteiger partial charge is 0.497 e. The number of carbonyl (C=O) groups is 1. The summed E-state index contributed by atoms with van der Waals surface area (Å²) in [5.41, 5.74) is 4.45. The predicted octanol–water partition coefficient (Wildman–Crippen LogP) is 3.82. The van der Waals surface area contributed by atoms with E-state index in [1.165, 1.54) is 0 Å². The quantitative estimate of drug-likeness (QED) is 0.514. The summed E-state index contributed by atoms with van der Waals surface area (Å²) >= 11 is 0. The second kappa shape index (κ2) is 8.24. The predicted molar refractivity (Wildman–Crippen MR) is 115 cm³/mol. The number of carbonyl (C=O) groups excluding carboxylic acids is 1. The molecule has 0 aliphatic carbocycles. The van der Waals surface area contributed by atoms with E-state index in [1.54, 1.807) is 7.11 Å². The van der Waals surface area contributed by atoms with Crippen LogP contribution in [0.1, 0.15) is 27.6 Å². The van der Waals surface area contributed by atoms with Crippen molar-refractivity contribution >= 4 is 5.91 Å². The molecular weight excluding hydrogens is 378 g/mol. The van der Waals surface area contributed by atoms with Crippen LogP contribution in [0, 0.1) is 13.8 Å². The van der Waals surface area contributed by atoms with Gasteiger partial charge in [-0.25, -0.2) is 4.98 Å². The molecule has 7 nitrogen and oxygen atoms in total.